The van der Waals surface area contributed by atoms with Crippen molar-refractivity contribution in [1.82, 2.24) is 5.16 Å². The van der Waals surface area contributed by atoms with Gasteiger partial charge in [-0.15, -0.1) is 0 Å². The molecule has 3 aromatic rings. The maximum atomic E-state index is 12.2. The van der Waals surface area contributed by atoms with Gasteiger partial charge in [0.15, 0.2) is 5.58 Å². The molecule has 25 heavy (non-hydrogen) atoms. The highest BCUT2D eigenvalue weighted by Gasteiger charge is 2.15. The highest BCUT2D eigenvalue weighted by atomic mass is 16.5. The fourth-order valence-corrected chi connectivity index (χ4v) is 2.52. The van der Waals surface area contributed by atoms with Gasteiger partial charge in [-0.05, 0) is 49.2 Å². The van der Waals surface area contributed by atoms with Crippen LogP contribution in [-0.4, -0.2) is 27.2 Å². The van der Waals surface area contributed by atoms with Gasteiger partial charge in [-0.25, -0.2) is 4.79 Å². The monoisotopic (exact) mass is 340 g/mol. The number of carbonyl (C=O) groups is 2. The number of carboxylic acid groups (broad SMARTS) is 1. The van der Waals surface area contributed by atoms with Crippen LogP contribution in [0.4, 0.5) is 5.69 Å². The van der Waals surface area contributed by atoms with E-state index in [0.717, 1.165) is 16.5 Å². The smallest absolute Gasteiger partial charge is 0.339 e. The molecule has 1 heterocycles. The first-order valence-corrected chi connectivity index (χ1v) is 7.57. The van der Waals surface area contributed by atoms with E-state index in [1.807, 2.05) is 26.0 Å². The summed E-state index contributed by atoms with van der Waals surface area (Å²) in [6, 6.07) is 7.63. The van der Waals surface area contributed by atoms with E-state index in [0.29, 0.717) is 17.0 Å². The fourth-order valence-electron chi connectivity index (χ4n) is 2.52. The maximum absolute atomic E-state index is 12.2. The van der Waals surface area contributed by atoms with E-state index < -0.39 is 11.7 Å². The zero-order chi connectivity index (χ0) is 18.1. The Morgan fingerprint density at radius 3 is 2.56 bits per heavy atom. The molecule has 0 aliphatic rings. The number of aryl methyl sites for hydroxylation is 2. The molecule has 0 spiro atoms. The largest absolute Gasteiger partial charge is 0.507 e. The number of nitrogens with one attached hydrogen (secondary N) is 1. The highest BCUT2D eigenvalue weighted by Crippen LogP contribution is 2.24. The Morgan fingerprint density at radius 1 is 1.16 bits per heavy atom. The molecule has 0 unspecified atom stereocenters. The third-order valence-corrected chi connectivity index (χ3v) is 4.00. The Labute approximate surface area is 142 Å². The van der Waals surface area contributed by atoms with Crippen molar-refractivity contribution in [2.75, 3.05) is 5.32 Å². The summed E-state index contributed by atoms with van der Waals surface area (Å²) in [6.07, 6.45) is -0.00303. The molecule has 0 saturated heterocycles. The van der Waals surface area contributed by atoms with E-state index in [9.17, 15) is 14.7 Å². The van der Waals surface area contributed by atoms with Crippen LogP contribution in [0.1, 0.15) is 27.2 Å². The number of anilines is 1. The molecule has 1 aromatic heterocycles. The standard InChI is InChI=1S/C18H16N2O5/c1-9-5-13-14(20-25-16(13)6-10(9)2)8-17(22)19-11-3-4-12(18(23)24)15(21)7-11/h3-7,21H,8H2,1-2H3,(H,19,22)(H,23,24). The lowest BCUT2D eigenvalue weighted by molar-refractivity contribution is -0.115. The number of benzene rings is 2. The number of carboxylic acids is 1. The first kappa shape index (κ1) is 16.5. The van der Waals surface area contributed by atoms with Crippen LogP contribution in [0.25, 0.3) is 11.0 Å². The number of nitrogens with zero attached hydrogens (tertiary/aromatic N) is 1. The quantitative estimate of drug-likeness (QED) is 0.673. The van der Waals surface area contributed by atoms with Crippen molar-refractivity contribution in [3.05, 3.63) is 52.7 Å². The first-order chi connectivity index (χ1) is 11.8. The van der Waals surface area contributed by atoms with Gasteiger partial charge in [-0.2, -0.15) is 0 Å². The third-order valence-electron chi connectivity index (χ3n) is 4.00. The first-order valence-electron chi connectivity index (χ1n) is 7.57. The lowest BCUT2D eigenvalue weighted by Crippen LogP contribution is -2.15. The Bertz CT molecular complexity index is 991. The van der Waals surface area contributed by atoms with Gasteiger partial charge in [0.1, 0.15) is 17.0 Å². The van der Waals surface area contributed by atoms with E-state index in [2.05, 4.69) is 10.5 Å². The zero-order valence-electron chi connectivity index (χ0n) is 13.7. The summed E-state index contributed by atoms with van der Waals surface area (Å²) in [4.78, 5) is 23.1. The number of carbonyl (C=O) groups excluding carboxylic acids is 1. The predicted octanol–water partition coefficient (Wildman–Crippen LogP) is 3.03. The van der Waals surface area contributed by atoms with E-state index in [4.69, 9.17) is 9.63 Å². The molecule has 3 N–H and O–H groups in total. The second-order valence-electron chi connectivity index (χ2n) is 5.82. The molecule has 0 bridgehead atoms. The number of rotatable bonds is 4. The Hall–Kier alpha value is -3.35. The minimum absolute atomic E-state index is 0.00303. The van der Waals surface area contributed by atoms with Crippen LogP contribution >= 0.6 is 0 Å². The van der Waals surface area contributed by atoms with Gasteiger partial charge < -0.3 is 20.1 Å². The molecule has 0 saturated carbocycles. The van der Waals surface area contributed by atoms with E-state index >= 15 is 0 Å². The van der Waals surface area contributed by atoms with Crippen LogP contribution in [0.2, 0.25) is 0 Å². The van der Waals surface area contributed by atoms with Crippen molar-refractivity contribution in [3.8, 4) is 5.75 Å². The van der Waals surface area contributed by atoms with Crippen molar-refractivity contribution in [2.24, 2.45) is 0 Å². The third kappa shape index (κ3) is 3.30. The van der Waals surface area contributed by atoms with Crippen LogP contribution in [0.3, 0.4) is 0 Å². The van der Waals surface area contributed by atoms with Gasteiger partial charge in [0.2, 0.25) is 5.91 Å². The molecule has 3 rings (SSSR count). The van der Waals surface area contributed by atoms with Crippen molar-refractivity contribution >= 4 is 28.5 Å². The molecule has 0 fully saturated rings. The Morgan fingerprint density at radius 2 is 1.88 bits per heavy atom. The molecule has 7 heteroatoms. The molecular weight excluding hydrogens is 324 g/mol. The minimum Gasteiger partial charge on any atom is -0.507 e. The molecular formula is C18H16N2O5. The van der Waals surface area contributed by atoms with Gasteiger partial charge >= 0.3 is 5.97 Å². The van der Waals surface area contributed by atoms with Gasteiger partial charge in [0, 0.05) is 17.1 Å². The second-order valence-corrected chi connectivity index (χ2v) is 5.82. The summed E-state index contributed by atoms with van der Waals surface area (Å²) in [6.45, 7) is 3.94. The highest BCUT2D eigenvalue weighted by molar-refractivity contribution is 5.96. The molecule has 128 valence electrons. The van der Waals surface area contributed by atoms with Gasteiger partial charge in [0.05, 0.1) is 6.42 Å². The number of aromatic hydroxyl groups is 1. The van der Waals surface area contributed by atoms with E-state index in [-0.39, 0.29) is 17.9 Å². The summed E-state index contributed by atoms with van der Waals surface area (Å²) >= 11 is 0. The Balaban J connectivity index is 1.78. The zero-order valence-corrected chi connectivity index (χ0v) is 13.7. The molecule has 0 aliphatic carbocycles. The van der Waals surface area contributed by atoms with Gasteiger partial charge in [0.25, 0.3) is 0 Å². The number of hydrogen-bond donors (Lipinski definition) is 3. The lowest BCUT2D eigenvalue weighted by atomic mass is 10.1. The normalized spacial score (nSPS) is 10.8. The van der Waals surface area contributed by atoms with Crippen LogP contribution in [-0.2, 0) is 11.2 Å². The molecule has 0 radical (unpaired) electrons. The molecule has 0 atom stereocenters. The predicted molar refractivity (Wildman–Crippen MR) is 90.9 cm³/mol. The SMILES string of the molecule is Cc1cc2onc(CC(=O)Nc3ccc(C(=O)O)c(O)c3)c2cc1C. The van der Waals surface area contributed by atoms with Crippen LogP contribution in [0.15, 0.2) is 34.9 Å². The summed E-state index contributed by atoms with van der Waals surface area (Å²) < 4.78 is 5.26. The summed E-state index contributed by atoms with van der Waals surface area (Å²) in [7, 11) is 0. The van der Waals surface area contributed by atoms with Crippen LogP contribution < -0.4 is 5.32 Å². The number of hydrogen-bond acceptors (Lipinski definition) is 5. The van der Waals surface area contributed by atoms with Crippen LogP contribution in [0.5, 0.6) is 5.75 Å². The summed E-state index contributed by atoms with van der Waals surface area (Å²) in [5, 5.41) is 25.9. The molecule has 2 aromatic carbocycles. The number of amides is 1. The molecule has 1 amide bonds. The number of aromatic nitrogens is 1. The van der Waals surface area contributed by atoms with Gasteiger partial charge in [-0.3, -0.25) is 4.79 Å². The number of aromatic carboxylic acids is 1. The summed E-state index contributed by atoms with van der Waals surface area (Å²) in [5.41, 5.74) is 3.36. The topological polar surface area (TPSA) is 113 Å². The van der Waals surface area contributed by atoms with Crippen molar-refractivity contribution in [2.45, 2.75) is 20.3 Å². The van der Waals surface area contributed by atoms with Crippen molar-refractivity contribution in [1.29, 1.82) is 0 Å². The number of phenols is 1. The van der Waals surface area contributed by atoms with Crippen LogP contribution in [0, 0.1) is 13.8 Å². The van der Waals surface area contributed by atoms with E-state index in [1.165, 1.54) is 18.2 Å². The average Bonchev–Trinajstić information content (AvgIpc) is 2.89. The Kier molecular flexibility index (Phi) is 4.14. The second kappa shape index (κ2) is 6.27. The summed E-state index contributed by atoms with van der Waals surface area (Å²) in [5.74, 6) is -2.01. The van der Waals surface area contributed by atoms with E-state index in [1.54, 1.807) is 0 Å². The fraction of sp³-hybridized carbons (Fsp3) is 0.167. The number of fused-ring (bicyclic) bond motifs is 1. The maximum Gasteiger partial charge on any atom is 0.339 e. The molecule has 7 nitrogen and oxygen atoms in total. The van der Waals surface area contributed by atoms with Crippen molar-refractivity contribution in [3.63, 3.8) is 0 Å². The molecule has 0 aliphatic heterocycles. The average molecular weight is 340 g/mol. The van der Waals surface area contributed by atoms with Gasteiger partial charge in [-0.1, -0.05) is 5.16 Å². The minimum atomic E-state index is -1.24. The van der Waals surface area contributed by atoms with Crippen molar-refractivity contribution < 1.29 is 24.3 Å². The lowest BCUT2D eigenvalue weighted by Gasteiger charge is -2.06.